The van der Waals surface area contributed by atoms with E-state index >= 15 is 0 Å². The maximum Gasteiger partial charge on any atom is 0.414 e. The SMILES string of the molecule is C=CC[C@H]1c2[nH]c3ccccc3c2C=CN1C(=O)OCC(Cl)(Cl)Cl. The summed E-state index contributed by atoms with van der Waals surface area (Å²) in [4.78, 5) is 17.2. The normalized spacial score (nSPS) is 17.0. The van der Waals surface area contributed by atoms with Crippen molar-refractivity contribution in [3.8, 4) is 0 Å². The van der Waals surface area contributed by atoms with Crippen LogP contribution in [0.4, 0.5) is 4.79 Å². The topological polar surface area (TPSA) is 45.3 Å². The lowest BCUT2D eigenvalue weighted by atomic mass is 10.00. The van der Waals surface area contributed by atoms with Gasteiger partial charge in [0.15, 0.2) is 0 Å². The molecule has 0 spiro atoms. The molecule has 0 radical (unpaired) electrons. The molecule has 0 saturated carbocycles. The van der Waals surface area contributed by atoms with Gasteiger partial charge in [-0.2, -0.15) is 0 Å². The number of H-pyrrole nitrogens is 1. The van der Waals surface area contributed by atoms with Crippen molar-refractivity contribution >= 4 is 57.9 Å². The molecule has 0 fully saturated rings. The number of ether oxygens (including phenoxy) is 1. The van der Waals surface area contributed by atoms with Crippen molar-refractivity contribution in [1.82, 2.24) is 9.88 Å². The molecule has 4 nitrogen and oxygen atoms in total. The van der Waals surface area contributed by atoms with Crippen LogP contribution in [0, 0.1) is 0 Å². The molecule has 1 N–H and O–H groups in total. The lowest BCUT2D eigenvalue weighted by Crippen LogP contribution is -2.34. The van der Waals surface area contributed by atoms with Gasteiger partial charge in [-0.15, -0.1) is 6.58 Å². The smallest absolute Gasteiger partial charge is 0.414 e. The minimum absolute atomic E-state index is 0.252. The van der Waals surface area contributed by atoms with Crippen molar-refractivity contribution in [2.24, 2.45) is 0 Å². The zero-order chi connectivity index (χ0) is 17.3. The Morgan fingerprint density at radius 1 is 1.38 bits per heavy atom. The summed E-state index contributed by atoms with van der Waals surface area (Å²) in [5.74, 6) is 0. The van der Waals surface area contributed by atoms with Crippen LogP contribution in [0.3, 0.4) is 0 Å². The number of alkyl halides is 3. The molecule has 0 saturated heterocycles. The number of amides is 1. The monoisotopic (exact) mass is 384 g/mol. The standard InChI is InChI=1S/C17H15Cl3N2O2/c1-2-5-14-15-12(11-6-3-4-7-13(11)21-15)8-9-22(14)16(23)24-10-17(18,19)20/h2-4,6-9,14,21H,1,5,10H2/t14-/m0/s1. The van der Waals surface area contributed by atoms with E-state index in [0.717, 1.165) is 22.2 Å². The molecule has 3 rings (SSSR count). The van der Waals surface area contributed by atoms with Crippen molar-refractivity contribution in [3.63, 3.8) is 0 Å². The van der Waals surface area contributed by atoms with Crippen LogP contribution < -0.4 is 0 Å². The molecule has 1 aliphatic rings. The van der Waals surface area contributed by atoms with E-state index in [1.807, 2.05) is 30.3 Å². The highest BCUT2D eigenvalue weighted by atomic mass is 35.6. The second-order valence-electron chi connectivity index (χ2n) is 5.43. The van der Waals surface area contributed by atoms with Crippen molar-refractivity contribution in [2.45, 2.75) is 16.3 Å². The van der Waals surface area contributed by atoms with Gasteiger partial charge in [-0.3, -0.25) is 4.90 Å². The molecule has 1 aromatic heterocycles. The first-order valence-electron chi connectivity index (χ1n) is 7.32. The number of halogens is 3. The number of benzene rings is 1. The van der Waals surface area contributed by atoms with E-state index in [2.05, 4.69) is 11.6 Å². The Labute approximate surface area is 154 Å². The third-order valence-electron chi connectivity index (χ3n) is 3.81. The van der Waals surface area contributed by atoms with Gasteiger partial charge in [-0.05, 0) is 18.6 Å². The van der Waals surface area contributed by atoms with Crippen LogP contribution in [0.2, 0.25) is 0 Å². The van der Waals surface area contributed by atoms with E-state index in [-0.39, 0.29) is 12.6 Å². The highest BCUT2D eigenvalue weighted by molar-refractivity contribution is 6.67. The van der Waals surface area contributed by atoms with Crippen molar-refractivity contribution in [1.29, 1.82) is 0 Å². The first kappa shape index (κ1) is 17.2. The van der Waals surface area contributed by atoms with Crippen LogP contribution in [0.1, 0.15) is 23.7 Å². The quantitative estimate of drug-likeness (QED) is 0.554. The summed E-state index contributed by atoms with van der Waals surface area (Å²) in [6, 6.07) is 7.73. The number of nitrogens with one attached hydrogen (secondary N) is 1. The summed E-state index contributed by atoms with van der Waals surface area (Å²) in [7, 11) is 0. The van der Waals surface area contributed by atoms with Gasteiger partial charge in [0.25, 0.3) is 0 Å². The molecule has 1 atom stereocenters. The van der Waals surface area contributed by atoms with Gasteiger partial charge in [-0.25, -0.2) is 4.79 Å². The van der Waals surface area contributed by atoms with E-state index in [1.165, 1.54) is 4.90 Å². The zero-order valence-electron chi connectivity index (χ0n) is 12.6. The number of carbonyl (C=O) groups excluding carboxylic acids is 1. The molecule has 7 heteroatoms. The van der Waals surface area contributed by atoms with Crippen LogP contribution in [-0.4, -0.2) is 26.4 Å². The lowest BCUT2D eigenvalue weighted by molar-refractivity contribution is 0.106. The Kier molecular flexibility index (Phi) is 4.81. The van der Waals surface area contributed by atoms with Crippen molar-refractivity contribution in [3.05, 3.63) is 54.4 Å². The van der Waals surface area contributed by atoms with Crippen LogP contribution in [0.5, 0.6) is 0 Å². The highest BCUT2D eigenvalue weighted by Crippen LogP contribution is 2.37. The van der Waals surface area contributed by atoms with E-state index in [1.54, 1.807) is 12.3 Å². The summed E-state index contributed by atoms with van der Waals surface area (Å²) in [5.41, 5.74) is 3.00. The number of rotatable bonds is 3. The minimum atomic E-state index is -1.64. The molecule has 1 aromatic carbocycles. The Morgan fingerprint density at radius 3 is 2.83 bits per heavy atom. The highest BCUT2D eigenvalue weighted by Gasteiger charge is 2.32. The second-order valence-corrected chi connectivity index (χ2v) is 7.95. The van der Waals surface area contributed by atoms with Crippen LogP contribution in [0.15, 0.2) is 43.1 Å². The fourth-order valence-corrected chi connectivity index (χ4v) is 2.98. The van der Waals surface area contributed by atoms with E-state index in [0.29, 0.717) is 6.42 Å². The van der Waals surface area contributed by atoms with Crippen molar-refractivity contribution < 1.29 is 9.53 Å². The van der Waals surface area contributed by atoms with Gasteiger partial charge in [0.1, 0.15) is 6.61 Å². The fourth-order valence-electron chi connectivity index (χ4n) is 2.82. The molecule has 0 unspecified atom stereocenters. The number of hydrogen-bond acceptors (Lipinski definition) is 2. The third-order valence-corrected chi connectivity index (χ3v) is 4.13. The molecule has 2 aromatic rings. The Bertz CT molecular complexity index is 808. The van der Waals surface area contributed by atoms with Crippen molar-refractivity contribution in [2.75, 3.05) is 6.61 Å². The first-order valence-corrected chi connectivity index (χ1v) is 8.45. The summed E-state index contributed by atoms with van der Waals surface area (Å²) in [5, 5.41) is 1.10. The average molecular weight is 386 g/mol. The molecular weight excluding hydrogens is 371 g/mol. The third kappa shape index (κ3) is 3.41. The van der Waals surface area contributed by atoms with Crippen LogP contribution >= 0.6 is 34.8 Å². The first-order chi connectivity index (χ1) is 11.4. The number of carbonyl (C=O) groups is 1. The van der Waals surface area contributed by atoms with Gasteiger partial charge in [-0.1, -0.05) is 59.1 Å². The van der Waals surface area contributed by atoms with Gasteiger partial charge >= 0.3 is 6.09 Å². The number of fused-ring (bicyclic) bond motifs is 3. The van der Waals surface area contributed by atoms with Crippen LogP contribution in [-0.2, 0) is 4.74 Å². The second kappa shape index (κ2) is 6.71. The molecule has 2 heterocycles. The Hall–Kier alpha value is -1.62. The van der Waals surface area contributed by atoms with E-state index < -0.39 is 9.89 Å². The van der Waals surface area contributed by atoms with Crippen LogP contribution in [0.25, 0.3) is 17.0 Å². The van der Waals surface area contributed by atoms with E-state index in [9.17, 15) is 4.79 Å². The maximum absolute atomic E-state index is 12.4. The Morgan fingerprint density at radius 2 is 2.12 bits per heavy atom. The molecule has 0 bridgehead atoms. The summed E-state index contributed by atoms with van der Waals surface area (Å²) < 4.78 is 3.46. The lowest BCUT2D eigenvalue weighted by Gasteiger charge is -2.30. The van der Waals surface area contributed by atoms with Gasteiger partial charge < -0.3 is 9.72 Å². The molecule has 24 heavy (non-hydrogen) atoms. The molecule has 0 aliphatic carbocycles. The number of aromatic amines is 1. The number of nitrogens with zero attached hydrogens (tertiary/aromatic N) is 1. The number of aromatic nitrogens is 1. The average Bonchev–Trinajstić information content (AvgIpc) is 2.91. The van der Waals surface area contributed by atoms with Gasteiger partial charge in [0.05, 0.1) is 6.04 Å². The number of para-hydroxylation sites is 1. The van der Waals surface area contributed by atoms with E-state index in [4.69, 9.17) is 39.5 Å². The maximum atomic E-state index is 12.4. The predicted molar refractivity (Wildman–Crippen MR) is 98.4 cm³/mol. The summed E-state index contributed by atoms with van der Waals surface area (Å²) >= 11 is 16.9. The largest absolute Gasteiger partial charge is 0.445 e. The summed E-state index contributed by atoms with van der Waals surface area (Å²) in [6.45, 7) is 3.46. The number of hydrogen-bond donors (Lipinski definition) is 1. The van der Waals surface area contributed by atoms with Gasteiger partial charge in [0.2, 0.25) is 3.79 Å². The molecule has 126 valence electrons. The molecule has 1 aliphatic heterocycles. The molecular formula is C17H15Cl3N2O2. The Balaban J connectivity index is 1.93. The molecule has 1 amide bonds. The summed E-state index contributed by atoms with van der Waals surface area (Å²) in [6.07, 6.45) is 5.32. The fraction of sp³-hybridized carbons (Fsp3) is 0.235. The minimum Gasteiger partial charge on any atom is -0.445 e. The zero-order valence-corrected chi connectivity index (χ0v) is 14.9. The van der Waals surface area contributed by atoms with Gasteiger partial charge in [0, 0.05) is 28.4 Å². The predicted octanol–water partition coefficient (Wildman–Crippen LogP) is 5.58.